The van der Waals surface area contributed by atoms with E-state index in [0.29, 0.717) is 32.1 Å². The van der Waals surface area contributed by atoms with Gasteiger partial charge in [-0.2, -0.15) is 0 Å². The predicted molar refractivity (Wildman–Crippen MR) is 195 cm³/mol. The molecule has 0 aromatic carbocycles. The second-order valence-corrected chi connectivity index (χ2v) is 15.0. The summed E-state index contributed by atoms with van der Waals surface area (Å²) in [5.41, 5.74) is 8.75. The molecule has 0 spiro atoms. The first-order valence-corrected chi connectivity index (χ1v) is 16.7. The molecule has 2 N–H and O–H groups in total. The molecule has 0 aliphatic heterocycles. The maximum absolute atomic E-state index is 12.9. The molecule has 2 aliphatic carbocycles. The number of rotatable bonds is 11. The maximum atomic E-state index is 12.9. The molecule has 2 aliphatic rings. The van der Waals surface area contributed by atoms with Gasteiger partial charge in [0.1, 0.15) is 6.10 Å². The summed E-state index contributed by atoms with van der Waals surface area (Å²) in [6.45, 7) is 21.5. The minimum Gasteiger partial charge on any atom is -0.462 e. The summed E-state index contributed by atoms with van der Waals surface area (Å²) < 4.78 is 5.41. The summed E-state index contributed by atoms with van der Waals surface area (Å²) in [5.74, 6) is -0.201. The minimum atomic E-state index is -1.10. The van der Waals surface area contributed by atoms with E-state index >= 15 is 0 Å². The Hall–Kier alpha value is -3.50. The largest absolute Gasteiger partial charge is 0.462 e. The van der Waals surface area contributed by atoms with Crippen molar-refractivity contribution in [2.75, 3.05) is 0 Å². The quantitative estimate of drug-likeness (QED) is 0.0771. The van der Waals surface area contributed by atoms with E-state index in [1.807, 2.05) is 115 Å². The first-order chi connectivity index (χ1) is 21.7. The van der Waals surface area contributed by atoms with Gasteiger partial charge in [0.15, 0.2) is 5.78 Å². The molecule has 0 radical (unpaired) electrons. The van der Waals surface area contributed by atoms with Gasteiger partial charge in [-0.15, -0.1) is 5.73 Å². The summed E-state index contributed by atoms with van der Waals surface area (Å²) in [6.07, 6.45) is 23.9. The molecule has 5 heteroatoms. The lowest BCUT2D eigenvalue weighted by Crippen LogP contribution is -2.46. The lowest BCUT2D eigenvalue weighted by Gasteiger charge is -2.44. The number of hydrogen-bond donors (Lipinski definition) is 2. The van der Waals surface area contributed by atoms with E-state index < -0.39 is 5.60 Å². The Balaban J connectivity index is 1.97. The molecule has 0 unspecified atom stereocenters. The van der Waals surface area contributed by atoms with Crippen LogP contribution in [0, 0.1) is 10.8 Å². The third-order valence-electron chi connectivity index (χ3n) is 9.01. The van der Waals surface area contributed by atoms with Gasteiger partial charge < -0.3 is 14.9 Å². The van der Waals surface area contributed by atoms with Crippen LogP contribution in [-0.2, 0) is 14.3 Å². The van der Waals surface area contributed by atoms with Crippen molar-refractivity contribution in [3.05, 3.63) is 112 Å². The van der Waals surface area contributed by atoms with Crippen LogP contribution in [0.5, 0.6) is 0 Å². The molecule has 256 valence electrons. The van der Waals surface area contributed by atoms with Crippen molar-refractivity contribution in [2.24, 2.45) is 10.8 Å². The summed E-state index contributed by atoms with van der Waals surface area (Å²) >= 11 is 0. The number of aliphatic hydroxyl groups excluding tert-OH is 1. The molecule has 0 saturated heterocycles. The highest BCUT2D eigenvalue weighted by molar-refractivity contribution is 5.96. The molecule has 0 heterocycles. The molecular weight excluding hydrogens is 584 g/mol. The van der Waals surface area contributed by atoms with Crippen molar-refractivity contribution >= 4 is 11.8 Å². The number of hydrogen-bond acceptors (Lipinski definition) is 5. The number of allylic oxidation sites excluding steroid dienone is 15. The second-order valence-electron chi connectivity index (χ2n) is 15.0. The Kier molecular flexibility index (Phi) is 14.4. The van der Waals surface area contributed by atoms with Gasteiger partial charge >= 0.3 is 5.97 Å². The van der Waals surface area contributed by atoms with Crippen LogP contribution in [0.2, 0.25) is 0 Å². The van der Waals surface area contributed by atoms with Gasteiger partial charge in [-0.3, -0.25) is 9.59 Å². The van der Waals surface area contributed by atoms with Gasteiger partial charge in [-0.1, -0.05) is 111 Å². The van der Waals surface area contributed by atoms with Crippen molar-refractivity contribution in [1.29, 1.82) is 0 Å². The Labute approximate surface area is 284 Å². The monoisotopic (exact) mass is 642 g/mol. The van der Waals surface area contributed by atoms with Crippen LogP contribution in [0.15, 0.2) is 112 Å². The topological polar surface area (TPSA) is 83.8 Å². The SMILES string of the molecule is CC(=O)O[C@H]1CC(C)(C)C(=C=C/C(C)=C/C=C\C(C)=C\C=C\C=C(C)\C=C\C=C(/C)C(=O)CC2=C(C)C[C@@H](O)CC2(C)C)[C@](C)(O)C1. The first-order valence-electron chi connectivity index (χ1n) is 16.7. The molecule has 2 rings (SSSR count). The molecule has 1 fully saturated rings. The number of carbonyl (C=O) groups excluding carboxylic acids is 2. The standard InChI is InChI=1S/C42H58O5/c1-29(18-14-19-31(3)22-23-39-41(9,10)27-36(47-34(6)43)28-42(39,11)46)16-12-13-17-30(2)20-15-21-32(4)38(45)25-37-33(5)24-35(44)26-40(37,7)8/h12-22,35-36,44,46H,24-28H2,1-11H3/b13-12+,18-14-,20-15+,29-16+,30-17+,31-19+,32-21+/t23?,35-,36+,42-/m1/s1. The van der Waals surface area contributed by atoms with Crippen molar-refractivity contribution in [1.82, 2.24) is 0 Å². The van der Waals surface area contributed by atoms with Crippen LogP contribution < -0.4 is 0 Å². The molecule has 3 atom stereocenters. The fraction of sp³-hybridized carbons (Fsp3) is 0.500. The number of aliphatic hydroxyl groups is 2. The lowest BCUT2D eigenvalue weighted by atomic mass is 9.65. The normalized spacial score (nSPS) is 25.9. The van der Waals surface area contributed by atoms with Gasteiger partial charge in [0.2, 0.25) is 0 Å². The maximum Gasteiger partial charge on any atom is 0.302 e. The second kappa shape index (κ2) is 17.1. The number of carbonyl (C=O) groups is 2. The number of esters is 1. The van der Waals surface area contributed by atoms with Crippen LogP contribution in [0.25, 0.3) is 0 Å². The smallest absolute Gasteiger partial charge is 0.302 e. The van der Waals surface area contributed by atoms with Crippen LogP contribution >= 0.6 is 0 Å². The average Bonchev–Trinajstić information content (AvgIpc) is 2.90. The molecule has 0 aromatic rings. The summed E-state index contributed by atoms with van der Waals surface area (Å²) in [6, 6.07) is 0. The van der Waals surface area contributed by atoms with Gasteiger partial charge in [-0.05, 0) is 88.9 Å². The Morgan fingerprint density at radius 1 is 0.809 bits per heavy atom. The van der Waals surface area contributed by atoms with Crippen LogP contribution in [0.4, 0.5) is 0 Å². The van der Waals surface area contributed by atoms with Crippen LogP contribution in [-0.4, -0.2) is 39.8 Å². The van der Waals surface area contributed by atoms with E-state index in [2.05, 4.69) is 19.6 Å². The first kappa shape index (κ1) is 39.7. The zero-order valence-corrected chi connectivity index (χ0v) is 30.7. The lowest BCUT2D eigenvalue weighted by molar-refractivity contribution is -0.152. The van der Waals surface area contributed by atoms with Crippen molar-refractivity contribution < 1.29 is 24.5 Å². The highest BCUT2D eigenvalue weighted by Gasteiger charge is 2.46. The van der Waals surface area contributed by atoms with Crippen LogP contribution in [0.1, 0.15) is 108 Å². The van der Waals surface area contributed by atoms with Crippen molar-refractivity contribution in [3.8, 4) is 0 Å². The average molecular weight is 643 g/mol. The van der Waals surface area contributed by atoms with E-state index in [4.69, 9.17) is 4.74 Å². The summed E-state index contributed by atoms with van der Waals surface area (Å²) in [5, 5.41) is 21.2. The van der Waals surface area contributed by atoms with E-state index in [-0.39, 0.29) is 34.8 Å². The van der Waals surface area contributed by atoms with Crippen molar-refractivity contribution in [3.63, 3.8) is 0 Å². The van der Waals surface area contributed by atoms with E-state index in [0.717, 1.165) is 39.0 Å². The zero-order valence-electron chi connectivity index (χ0n) is 30.7. The Morgan fingerprint density at radius 3 is 1.89 bits per heavy atom. The number of ketones is 1. The Morgan fingerprint density at radius 2 is 1.36 bits per heavy atom. The van der Waals surface area contributed by atoms with Gasteiger partial charge in [0.25, 0.3) is 0 Å². The molecule has 47 heavy (non-hydrogen) atoms. The zero-order chi connectivity index (χ0) is 35.6. The highest BCUT2D eigenvalue weighted by Crippen LogP contribution is 2.46. The summed E-state index contributed by atoms with van der Waals surface area (Å²) in [4.78, 5) is 24.3. The molecule has 5 nitrogen and oxygen atoms in total. The molecule has 0 amide bonds. The third-order valence-corrected chi connectivity index (χ3v) is 9.01. The van der Waals surface area contributed by atoms with E-state index in [1.54, 1.807) is 6.92 Å². The van der Waals surface area contributed by atoms with Crippen LogP contribution in [0.3, 0.4) is 0 Å². The van der Waals surface area contributed by atoms with Crippen molar-refractivity contribution in [2.45, 2.75) is 126 Å². The van der Waals surface area contributed by atoms with Gasteiger partial charge in [-0.25, -0.2) is 0 Å². The fourth-order valence-electron chi connectivity index (χ4n) is 6.76. The highest BCUT2D eigenvalue weighted by atomic mass is 16.5. The molecule has 0 bridgehead atoms. The molecular formula is C42H58O5. The minimum absolute atomic E-state index is 0.124. The molecule has 1 saturated carbocycles. The number of Topliss-reactive ketones (excluding diaryl/α,β-unsaturated/α-hetero) is 1. The van der Waals surface area contributed by atoms with E-state index in [9.17, 15) is 19.8 Å². The predicted octanol–water partition coefficient (Wildman–Crippen LogP) is 9.48. The van der Waals surface area contributed by atoms with Gasteiger partial charge in [0, 0.05) is 25.3 Å². The third kappa shape index (κ3) is 12.9. The molecule has 0 aromatic heterocycles. The summed E-state index contributed by atoms with van der Waals surface area (Å²) in [7, 11) is 0. The Bertz CT molecular complexity index is 1470. The number of ether oxygens (including phenoxy) is 1. The van der Waals surface area contributed by atoms with Gasteiger partial charge in [0.05, 0.1) is 11.7 Å². The van der Waals surface area contributed by atoms with E-state index in [1.165, 1.54) is 6.92 Å². The fourth-order valence-corrected chi connectivity index (χ4v) is 6.76.